The number of nitrogens with one attached hydrogen (secondary N) is 1. The second kappa shape index (κ2) is 7.42. The van der Waals surface area contributed by atoms with Gasteiger partial charge in [-0.25, -0.2) is 9.59 Å². The molecule has 0 fully saturated rings. The fraction of sp³-hybridized carbons (Fsp3) is 0.450. The van der Waals surface area contributed by atoms with Crippen molar-refractivity contribution in [1.29, 1.82) is 0 Å². The molecule has 7 heteroatoms. The highest BCUT2D eigenvalue weighted by Gasteiger charge is 2.31. The Morgan fingerprint density at radius 1 is 1.19 bits per heavy atom. The van der Waals surface area contributed by atoms with E-state index in [-0.39, 0.29) is 12.2 Å². The number of aromatic nitrogens is 2. The molecule has 1 amide bonds. The number of nitrogens with zero attached hydrogens (tertiary/aromatic N) is 2. The minimum atomic E-state index is -1.17. The molecule has 3 rings (SSSR count). The molecule has 1 heterocycles. The number of para-hydroxylation sites is 2. The second-order valence-electron chi connectivity index (χ2n) is 7.30. The second-order valence-corrected chi connectivity index (χ2v) is 7.30. The molecule has 0 aliphatic heterocycles. The highest BCUT2D eigenvalue weighted by Crippen LogP contribution is 2.24. The summed E-state index contributed by atoms with van der Waals surface area (Å²) in [5.41, 5.74) is 1.06. The summed E-state index contributed by atoms with van der Waals surface area (Å²) in [4.78, 5) is 37.4. The van der Waals surface area contributed by atoms with Gasteiger partial charge in [-0.1, -0.05) is 18.2 Å². The molecular weight excluding hydrogens is 346 g/mol. The van der Waals surface area contributed by atoms with Crippen molar-refractivity contribution in [3.05, 3.63) is 40.8 Å². The Morgan fingerprint density at radius 2 is 1.89 bits per heavy atom. The van der Waals surface area contributed by atoms with Gasteiger partial charge >= 0.3 is 11.7 Å². The third-order valence-corrected chi connectivity index (χ3v) is 4.84. The standard InChI is InChI=1S/C20H25N3O4/c1-20(2,18(25)27-3)21-17(24)13-22-15-11-7-8-12-16(15)23(19(22)26)14-9-5-4-6-10-14/h7-9,11-12H,4-6,10,13H2,1-3H3,(H,21,24). The van der Waals surface area contributed by atoms with E-state index in [0.29, 0.717) is 5.52 Å². The number of esters is 1. The highest BCUT2D eigenvalue weighted by molar-refractivity contribution is 5.88. The summed E-state index contributed by atoms with van der Waals surface area (Å²) in [6.07, 6.45) is 6.07. The normalized spacial score (nSPS) is 14.7. The number of hydrogen-bond donors (Lipinski definition) is 1. The first kappa shape index (κ1) is 18.9. The predicted octanol–water partition coefficient (Wildman–Crippen LogP) is 2.29. The molecule has 0 saturated heterocycles. The van der Waals surface area contributed by atoms with Gasteiger partial charge in [-0.2, -0.15) is 0 Å². The van der Waals surface area contributed by atoms with Crippen molar-refractivity contribution in [3.63, 3.8) is 0 Å². The van der Waals surface area contributed by atoms with Crippen LogP contribution in [-0.4, -0.2) is 33.7 Å². The first-order valence-electron chi connectivity index (χ1n) is 9.14. The van der Waals surface area contributed by atoms with Crippen molar-refractivity contribution in [1.82, 2.24) is 14.5 Å². The number of allylic oxidation sites excluding steroid dienone is 2. The van der Waals surface area contributed by atoms with Crippen LogP contribution in [0.1, 0.15) is 39.5 Å². The lowest BCUT2D eigenvalue weighted by molar-refractivity contribution is -0.149. The molecule has 1 aliphatic carbocycles. The van der Waals surface area contributed by atoms with Crippen LogP contribution in [0.25, 0.3) is 16.7 Å². The van der Waals surface area contributed by atoms with Crippen LogP contribution in [0.5, 0.6) is 0 Å². The van der Waals surface area contributed by atoms with Gasteiger partial charge < -0.3 is 10.1 Å². The van der Waals surface area contributed by atoms with Crippen molar-refractivity contribution in [2.45, 2.75) is 51.6 Å². The summed E-state index contributed by atoms with van der Waals surface area (Å²) < 4.78 is 7.86. The number of carbonyl (C=O) groups excluding carboxylic acids is 2. The largest absolute Gasteiger partial charge is 0.467 e. The van der Waals surface area contributed by atoms with Gasteiger partial charge in [0.1, 0.15) is 12.1 Å². The molecule has 2 aromatic rings. The van der Waals surface area contributed by atoms with Crippen molar-refractivity contribution in [2.24, 2.45) is 0 Å². The van der Waals surface area contributed by atoms with Crippen LogP contribution in [0.15, 0.2) is 35.1 Å². The number of benzene rings is 1. The van der Waals surface area contributed by atoms with E-state index in [0.717, 1.165) is 36.9 Å². The first-order chi connectivity index (χ1) is 12.8. The van der Waals surface area contributed by atoms with E-state index in [9.17, 15) is 14.4 Å². The summed E-state index contributed by atoms with van der Waals surface area (Å²) in [6.45, 7) is 2.96. The summed E-state index contributed by atoms with van der Waals surface area (Å²) in [7, 11) is 1.27. The fourth-order valence-corrected chi connectivity index (χ4v) is 3.50. The fourth-order valence-electron chi connectivity index (χ4n) is 3.50. The van der Waals surface area contributed by atoms with E-state index in [2.05, 4.69) is 11.4 Å². The number of ether oxygens (including phenoxy) is 1. The Hall–Kier alpha value is -2.83. The highest BCUT2D eigenvalue weighted by atomic mass is 16.5. The van der Waals surface area contributed by atoms with Crippen LogP contribution < -0.4 is 11.0 Å². The van der Waals surface area contributed by atoms with E-state index < -0.39 is 17.4 Å². The van der Waals surface area contributed by atoms with Gasteiger partial charge in [0.2, 0.25) is 5.91 Å². The lowest BCUT2D eigenvalue weighted by atomic mass is 10.0. The molecule has 7 nitrogen and oxygen atoms in total. The third kappa shape index (κ3) is 3.67. The minimum absolute atomic E-state index is 0.167. The van der Waals surface area contributed by atoms with E-state index in [1.807, 2.05) is 24.3 Å². The number of fused-ring (bicyclic) bond motifs is 1. The van der Waals surface area contributed by atoms with Gasteiger partial charge in [-0.3, -0.25) is 13.9 Å². The average molecular weight is 371 g/mol. The number of hydrogen-bond acceptors (Lipinski definition) is 4. The summed E-state index contributed by atoms with van der Waals surface area (Å²) in [5.74, 6) is -0.967. The molecule has 0 atom stereocenters. The summed E-state index contributed by atoms with van der Waals surface area (Å²) >= 11 is 0. The molecule has 1 aromatic heterocycles. The Labute approximate surface area is 157 Å². The maximum absolute atomic E-state index is 13.1. The minimum Gasteiger partial charge on any atom is -0.467 e. The zero-order valence-corrected chi connectivity index (χ0v) is 15.9. The Balaban J connectivity index is 1.97. The maximum Gasteiger partial charge on any atom is 0.333 e. The number of amides is 1. The van der Waals surface area contributed by atoms with Gasteiger partial charge in [0.25, 0.3) is 0 Å². The first-order valence-corrected chi connectivity index (χ1v) is 9.14. The molecular formula is C20H25N3O4. The molecule has 0 bridgehead atoms. The SMILES string of the molecule is COC(=O)C(C)(C)NC(=O)Cn1c(=O)n(C2=CCCCC2)c2ccccc21. The smallest absolute Gasteiger partial charge is 0.333 e. The van der Waals surface area contributed by atoms with Crippen molar-refractivity contribution < 1.29 is 14.3 Å². The Bertz CT molecular complexity index is 965. The van der Waals surface area contributed by atoms with Crippen LogP contribution in [0, 0.1) is 0 Å². The van der Waals surface area contributed by atoms with Crippen LogP contribution in [0.4, 0.5) is 0 Å². The lowest BCUT2D eigenvalue weighted by Gasteiger charge is -2.23. The molecule has 0 spiro atoms. The maximum atomic E-state index is 13.1. The van der Waals surface area contributed by atoms with Crippen LogP contribution in [0.2, 0.25) is 0 Å². The van der Waals surface area contributed by atoms with Gasteiger partial charge in [0.05, 0.1) is 18.1 Å². The lowest BCUT2D eigenvalue weighted by Crippen LogP contribution is -2.51. The topological polar surface area (TPSA) is 82.3 Å². The molecule has 144 valence electrons. The number of rotatable bonds is 5. The quantitative estimate of drug-likeness (QED) is 0.818. The molecule has 0 saturated carbocycles. The Kier molecular flexibility index (Phi) is 5.21. The molecule has 27 heavy (non-hydrogen) atoms. The molecule has 0 unspecified atom stereocenters. The van der Waals surface area contributed by atoms with Crippen LogP contribution >= 0.6 is 0 Å². The predicted molar refractivity (Wildman–Crippen MR) is 103 cm³/mol. The van der Waals surface area contributed by atoms with Crippen molar-refractivity contribution in [3.8, 4) is 0 Å². The molecule has 1 aliphatic rings. The van der Waals surface area contributed by atoms with Crippen molar-refractivity contribution >= 4 is 28.6 Å². The van der Waals surface area contributed by atoms with E-state index >= 15 is 0 Å². The third-order valence-electron chi connectivity index (χ3n) is 4.84. The molecule has 0 radical (unpaired) electrons. The van der Waals surface area contributed by atoms with Gasteiger partial charge in [0, 0.05) is 5.70 Å². The summed E-state index contributed by atoms with van der Waals surface area (Å²) in [5, 5.41) is 2.64. The van der Waals surface area contributed by atoms with Gasteiger partial charge in [-0.05, 0) is 51.7 Å². The van der Waals surface area contributed by atoms with Gasteiger partial charge in [0.15, 0.2) is 0 Å². The zero-order chi connectivity index (χ0) is 19.6. The van der Waals surface area contributed by atoms with Crippen molar-refractivity contribution in [2.75, 3.05) is 7.11 Å². The molecule has 1 N–H and O–H groups in total. The van der Waals surface area contributed by atoms with Gasteiger partial charge in [-0.15, -0.1) is 0 Å². The van der Waals surface area contributed by atoms with Crippen LogP contribution in [0.3, 0.4) is 0 Å². The summed E-state index contributed by atoms with van der Waals surface area (Å²) in [6, 6.07) is 7.44. The number of imidazole rings is 1. The van der Waals surface area contributed by atoms with E-state index in [4.69, 9.17) is 4.74 Å². The number of methoxy groups -OCH3 is 1. The van der Waals surface area contributed by atoms with E-state index in [1.54, 1.807) is 18.4 Å². The Morgan fingerprint density at radius 3 is 2.52 bits per heavy atom. The average Bonchev–Trinajstić information content (AvgIpc) is 2.93. The zero-order valence-electron chi connectivity index (χ0n) is 15.9. The molecule has 1 aromatic carbocycles. The van der Waals surface area contributed by atoms with E-state index in [1.165, 1.54) is 11.7 Å². The number of carbonyl (C=O) groups is 2. The van der Waals surface area contributed by atoms with Crippen LogP contribution in [-0.2, 0) is 20.9 Å². The monoisotopic (exact) mass is 371 g/mol.